The molecule has 1 aliphatic rings. The van der Waals surface area contributed by atoms with Gasteiger partial charge in [-0.05, 0) is 45.0 Å². The van der Waals surface area contributed by atoms with Crippen molar-refractivity contribution in [1.82, 2.24) is 15.1 Å². The van der Waals surface area contributed by atoms with Crippen molar-refractivity contribution in [2.75, 3.05) is 38.6 Å². The molecule has 7 nitrogen and oxygen atoms in total. The highest BCUT2D eigenvalue weighted by atomic mass is 16.4. The topological polar surface area (TPSA) is 90.9 Å². The fraction of sp³-hybridized carbons (Fsp3) is 0.615. The highest BCUT2D eigenvalue weighted by Crippen LogP contribution is 2.21. The number of nitrogens with zero attached hydrogens (tertiary/aromatic N) is 5. The molecule has 2 rings (SSSR count). The maximum absolute atomic E-state index is 8.84. The SMILES string of the molecule is CN1CCC(CN(C)c2nnccc2/C(N)=N/O)CC1. The van der Waals surface area contributed by atoms with Crippen LogP contribution in [-0.2, 0) is 0 Å². The summed E-state index contributed by atoms with van der Waals surface area (Å²) in [6.07, 6.45) is 3.90. The number of anilines is 1. The van der Waals surface area contributed by atoms with Gasteiger partial charge in [0.25, 0.3) is 0 Å². The van der Waals surface area contributed by atoms with Gasteiger partial charge in [-0.3, -0.25) is 0 Å². The quantitative estimate of drug-likeness (QED) is 0.357. The summed E-state index contributed by atoms with van der Waals surface area (Å²) in [4.78, 5) is 4.39. The van der Waals surface area contributed by atoms with Crippen LogP contribution in [0.5, 0.6) is 0 Å². The van der Waals surface area contributed by atoms with Crippen LogP contribution in [-0.4, -0.2) is 59.9 Å². The second-order valence-corrected chi connectivity index (χ2v) is 5.38. The monoisotopic (exact) mass is 278 g/mol. The van der Waals surface area contributed by atoms with Crippen molar-refractivity contribution in [2.45, 2.75) is 12.8 Å². The van der Waals surface area contributed by atoms with Gasteiger partial charge in [0.2, 0.25) is 0 Å². The fourth-order valence-electron chi connectivity index (χ4n) is 2.58. The molecule has 1 fully saturated rings. The zero-order chi connectivity index (χ0) is 14.5. The van der Waals surface area contributed by atoms with Crippen LogP contribution in [0.25, 0.3) is 0 Å². The van der Waals surface area contributed by atoms with Crippen molar-refractivity contribution < 1.29 is 5.21 Å². The van der Waals surface area contributed by atoms with Gasteiger partial charge in [-0.15, -0.1) is 5.10 Å². The molecule has 1 saturated heterocycles. The number of piperidine rings is 1. The first-order valence-corrected chi connectivity index (χ1v) is 6.81. The Morgan fingerprint density at radius 1 is 1.55 bits per heavy atom. The Kier molecular flexibility index (Phi) is 4.73. The van der Waals surface area contributed by atoms with E-state index in [2.05, 4.69) is 27.3 Å². The van der Waals surface area contributed by atoms with Crippen molar-refractivity contribution in [3.63, 3.8) is 0 Å². The summed E-state index contributed by atoms with van der Waals surface area (Å²) in [5.74, 6) is 1.35. The molecule has 0 atom stereocenters. The molecule has 3 N–H and O–H groups in total. The number of hydrogen-bond donors (Lipinski definition) is 2. The van der Waals surface area contributed by atoms with Crippen molar-refractivity contribution >= 4 is 11.7 Å². The summed E-state index contributed by atoms with van der Waals surface area (Å²) in [6, 6.07) is 1.71. The van der Waals surface area contributed by atoms with Crippen LogP contribution in [0.3, 0.4) is 0 Å². The van der Waals surface area contributed by atoms with Crippen LogP contribution in [0.1, 0.15) is 18.4 Å². The molecule has 0 aromatic carbocycles. The zero-order valence-corrected chi connectivity index (χ0v) is 12.0. The van der Waals surface area contributed by atoms with Crippen LogP contribution >= 0.6 is 0 Å². The van der Waals surface area contributed by atoms with E-state index in [1.807, 2.05) is 11.9 Å². The molecule has 2 heterocycles. The molecule has 20 heavy (non-hydrogen) atoms. The molecule has 0 radical (unpaired) electrons. The van der Waals surface area contributed by atoms with Crippen LogP contribution in [0.15, 0.2) is 17.4 Å². The Hall–Kier alpha value is -1.89. The van der Waals surface area contributed by atoms with Gasteiger partial charge < -0.3 is 20.7 Å². The van der Waals surface area contributed by atoms with Crippen LogP contribution in [0.4, 0.5) is 5.82 Å². The average Bonchev–Trinajstić information content (AvgIpc) is 2.48. The molecule has 0 bridgehead atoms. The van der Waals surface area contributed by atoms with Gasteiger partial charge >= 0.3 is 0 Å². The summed E-state index contributed by atoms with van der Waals surface area (Å²) in [6.45, 7) is 3.16. The fourth-order valence-corrected chi connectivity index (χ4v) is 2.58. The van der Waals surface area contributed by atoms with E-state index in [0.29, 0.717) is 17.3 Å². The number of rotatable bonds is 4. The van der Waals surface area contributed by atoms with Gasteiger partial charge in [0.15, 0.2) is 11.7 Å². The third-order valence-corrected chi connectivity index (χ3v) is 3.82. The van der Waals surface area contributed by atoms with E-state index in [9.17, 15) is 0 Å². The molecule has 110 valence electrons. The molecule has 0 saturated carbocycles. The third kappa shape index (κ3) is 3.36. The van der Waals surface area contributed by atoms with E-state index >= 15 is 0 Å². The normalized spacial score (nSPS) is 18.2. The number of nitrogens with two attached hydrogens (primary N) is 1. The summed E-state index contributed by atoms with van der Waals surface area (Å²) in [5.41, 5.74) is 6.29. The molecule has 0 spiro atoms. The van der Waals surface area contributed by atoms with E-state index in [1.54, 1.807) is 12.3 Å². The van der Waals surface area contributed by atoms with Crippen molar-refractivity contribution in [1.29, 1.82) is 0 Å². The minimum Gasteiger partial charge on any atom is -0.409 e. The van der Waals surface area contributed by atoms with E-state index in [4.69, 9.17) is 10.9 Å². The van der Waals surface area contributed by atoms with E-state index < -0.39 is 0 Å². The number of hydrogen-bond acceptors (Lipinski definition) is 6. The molecular formula is C13H22N6O. The first-order valence-electron chi connectivity index (χ1n) is 6.81. The minimum absolute atomic E-state index is 0.0603. The lowest BCUT2D eigenvalue weighted by Gasteiger charge is -2.32. The molecule has 1 aliphatic heterocycles. The highest BCUT2D eigenvalue weighted by molar-refractivity contribution is 6.01. The van der Waals surface area contributed by atoms with Gasteiger partial charge in [0, 0.05) is 13.6 Å². The van der Waals surface area contributed by atoms with Gasteiger partial charge in [-0.25, -0.2) is 0 Å². The summed E-state index contributed by atoms with van der Waals surface area (Å²) >= 11 is 0. The van der Waals surface area contributed by atoms with E-state index in [-0.39, 0.29) is 5.84 Å². The molecule has 0 aliphatic carbocycles. The first-order chi connectivity index (χ1) is 9.61. The number of likely N-dealkylation sites (tertiary alicyclic amines) is 1. The summed E-state index contributed by atoms with van der Waals surface area (Å²) in [7, 11) is 4.12. The van der Waals surface area contributed by atoms with Gasteiger partial charge in [-0.2, -0.15) is 5.10 Å². The Labute approximate surface area is 119 Å². The Morgan fingerprint density at radius 2 is 2.25 bits per heavy atom. The highest BCUT2D eigenvalue weighted by Gasteiger charge is 2.20. The predicted octanol–water partition coefficient (Wildman–Crippen LogP) is 0.349. The smallest absolute Gasteiger partial charge is 0.173 e. The Balaban J connectivity index is 2.07. The lowest BCUT2D eigenvalue weighted by Crippen LogP contribution is -2.36. The standard InChI is InChI=1S/C13H22N6O/c1-18-7-4-10(5-8-18)9-19(2)13-11(12(14)17-20)3-6-15-16-13/h3,6,10,20H,4-5,7-9H2,1-2H3,(H2,14,17). The first kappa shape index (κ1) is 14.5. The van der Waals surface area contributed by atoms with Crippen LogP contribution < -0.4 is 10.6 Å². The summed E-state index contributed by atoms with van der Waals surface area (Å²) < 4.78 is 0. The van der Waals surface area contributed by atoms with Crippen molar-refractivity contribution in [2.24, 2.45) is 16.8 Å². The van der Waals surface area contributed by atoms with Crippen LogP contribution in [0.2, 0.25) is 0 Å². The van der Waals surface area contributed by atoms with Gasteiger partial charge in [0.05, 0.1) is 11.8 Å². The number of aromatic nitrogens is 2. The van der Waals surface area contributed by atoms with Gasteiger partial charge in [0.1, 0.15) is 0 Å². The molecule has 0 unspecified atom stereocenters. The van der Waals surface area contributed by atoms with Gasteiger partial charge in [-0.1, -0.05) is 5.16 Å². The second-order valence-electron chi connectivity index (χ2n) is 5.38. The molecule has 1 aromatic heterocycles. The third-order valence-electron chi connectivity index (χ3n) is 3.82. The molecular weight excluding hydrogens is 256 g/mol. The van der Waals surface area contributed by atoms with Crippen molar-refractivity contribution in [3.05, 3.63) is 17.8 Å². The largest absolute Gasteiger partial charge is 0.409 e. The maximum atomic E-state index is 8.84. The van der Waals surface area contributed by atoms with E-state index in [1.165, 1.54) is 12.8 Å². The minimum atomic E-state index is 0.0603. The number of amidine groups is 1. The zero-order valence-electron chi connectivity index (χ0n) is 12.0. The second kappa shape index (κ2) is 6.51. The summed E-state index contributed by atoms with van der Waals surface area (Å²) in [5, 5.41) is 19.9. The predicted molar refractivity (Wildman–Crippen MR) is 78.0 cm³/mol. The average molecular weight is 278 g/mol. The molecule has 0 amide bonds. The Bertz CT molecular complexity index is 470. The maximum Gasteiger partial charge on any atom is 0.173 e. The van der Waals surface area contributed by atoms with E-state index in [0.717, 1.165) is 19.6 Å². The van der Waals surface area contributed by atoms with Crippen molar-refractivity contribution in [3.8, 4) is 0 Å². The Morgan fingerprint density at radius 3 is 2.90 bits per heavy atom. The number of oxime groups is 1. The lowest BCUT2D eigenvalue weighted by atomic mass is 9.96. The molecule has 1 aromatic rings. The lowest BCUT2D eigenvalue weighted by molar-refractivity contribution is 0.222. The van der Waals surface area contributed by atoms with Crippen LogP contribution in [0, 0.1) is 5.92 Å². The molecule has 7 heteroatoms.